The van der Waals surface area contributed by atoms with Gasteiger partial charge in [-0.1, -0.05) is 12.1 Å². The van der Waals surface area contributed by atoms with Crippen LogP contribution in [-0.4, -0.2) is 19.7 Å². The molecule has 0 fully saturated rings. The number of carbonyl (C=O) groups is 1. The summed E-state index contributed by atoms with van der Waals surface area (Å²) in [5.74, 6) is 0.429. The number of allylic oxidation sites excluding steroid dienone is 1. The topological polar surface area (TPSA) is 35.5 Å². The molecule has 3 heteroatoms. The molecule has 0 aliphatic heterocycles. The molecule has 0 heterocycles. The van der Waals surface area contributed by atoms with E-state index in [-0.39, 0.29) is 11.9 Å². The van der Waals surface area contributed by atoms with E-state index in [9.17, 15) is 4.79 Å². The minimum atomic E-state index is -0.230. The maximum absolute atomic E-state index is 11.9. The molecule has 0 aromatic heterocycles. The lowest BCUT2D eigenvalue weighted by molar-refractivity contribution is -0.145. The minimum absolute atomic E-state index is 0.163. The summed E-state index contributed by atoms with van der Waals surface area (Å²) in [6.07, 6.45) is 4.13. The second-order valence-corrected chi connectivity index (χ2v) is 4.69. The zero-order valence-electron chi connectivity index (χ0n) is 11.7. The van der Waals surface area contributed by atoms with Crippen LogP contribution in [0, 0.1) is 5.92 Å². The van der Waals surface area contributed by atoms with Crippen LogP contribution in [0.4, 0.5) is 0 Å². The smallest absolute Gasteiger partial charge is 0.313 e. The van der Waals surface area contributed by atoms with Crippen LogP contribution in [0.2, 0.25) is 0 Å². The molecule has 19 heavy (non-hydrogen) atoms. The lowest BCUT2D eigenvalue weighted by Gasteiger charge is -2.22. The van der Waals surface area contributed by atoms with Gasteiger partial charge in [0.2, 0.25) is 0 Å². The average Bonchev–Trinajstić information content (AvgIpc) is 2.45. The molecule has 3 nitrogen and oxygen atoms in total. The average molecular weight is 260 g/mol. The van der Waals surface area contributed by atoms with E-state index in [1.165, 1.54) is 5.56 Å². The molecule has 0 saturated carbocycles. The van der Waals surface area contributed by atoms with Gasteiger partial charge >= 0.3 is 5.97 Å². The molecular formula is C16H20O3. The fourth-order valence-corrected chi connectivity index (χ4v) is 2.47. The molecule has 0 spiro atoms. The summed E-state index contributed by atoms with van der Waals surface area (Å²) >= 11 is 0. The van der Waals surface area contributed by atoms with Crippen LogP contribution in [-0.2, 0) is 16.0 Å². The quantitative estimate of drug-likeness (QED) is 0.780. The predicted octanol–water partition coefficient (Wildman–Crippen LogP) is 3.22. The Morgan fingerprint density at radius 1 is 1.42 bits per heavy atom. The third-order valence-electron chi connectivity index (χ3n) is 3.51. The number of ether oxygens (including phenoxy) is 2. The number of fused-ring (bicyclic) bond motifs is 1. The lowest BCUT2D eigenvalue weighted by Crippen LogP contribution is -2.18. The molecule has 1 aliphatic rings. The van der Waals surface area contributed by atoms with Gasteiger partial charge in [0.05, 0.1) is 19.6 Å². The fourth-order valence-electron chi connectivity index (χ4n) is 2.47. The highest BCUT2D eigenvalue weighted by atomic mass is 16.5. The number of hydrogen-bond donors (Lipinski definition) is 0. The number of hydrogen-bond acceptors (Lipinski definition) is 3. The maximum atomic E-state index is 11.9. The van der Waals surface area contributed by atoms with Crippen molar-refractivity contribution in [1.29, 1.82) is 0 Å². The number of rotatable bonds is 4. The second-order valence-electron chi connectivity index (χ2n) is 4.69. The van der Waals surface area contributed by atoms with Gasteiger partial charge in [-0.05, 0) is 55.5 Å². The van der Waals surface area contributed by atoms with Crippen molar-refractivity contribution in [2.75, 3.05) is 13.7 Å². The first-order chi connectivity index (χ1) is 9.17. The Morgan fingerprint density at radius 2 is 2.21 bits per heavy atom. The van der Waals surface area contributed by atoms with E-state index in [2.05, 4.69) is 12.1 Å². The number of methoxy groups -OCH3 is 1. The molecule has 0 bridgehead atoms. The number of esters is 1. The largest absolute Gasteiger partial charge is 0.497 e. The van der Waals surface area contributed by atoms with E-state index in [0.29, 0.717) is 6.61 Å². The summed E-state index contributed by atoms with van der Waals surface area (Å²) in [5.41, 5.74) is 3.44. The molecule has 1 unspecified atom stereocenters. The molecule has 1 aromatic rings. The first-order valence-electron chi connectivity index (χ1n) is 6.71. The Labute approximate surface area is 114 Å². The fraction of sp³-hybridized carbons (Fsp3) is 0.438. The van der Waals surface area contributed by atoms with Crippen LogP contribution < -0.4 is 4.74 Å². The van der Waals surface area contributed by atoms with E-state index in [1.807, 2.05) is 26.0 Å². The zero-order chi connectivity index (χ0) is 13.8. The highest BCUT2D eigenvalue weighted by molar-refractivity contribution is 5.89. The van der Waals surface area contributed by atoms with Gasteiger partial charge in [-0.3, -0.25) is 4.79 Å². The van der Waals surface area contributed by atoms with E-state index in [1.54, 1.807) is 7.11 Å². The van der Waals surface area contributed by atoms with Crippen molar-refractivity contribution < 1.29 is 14.3 Å². The van der Waals surface area contributed by atoms with Crippen molar-refractivity contribution in [1.82, 2.24) is 0 Å². The summed E-state index contributed by atoms with van der Waals surface area (Å²) in [4.78, 5) is 11.9. The van der Waals surface area contributed by atoms with Crippen LogP contribution in [0.25, 0.3) is 5.57 Å². The third-order valence-corrected chi connectivity index (χ3v) is 3.51. The minimum Gasteiger partial charge on any atom is -0.497 e. The Balaban J connectivity index is 2.33. The van der Waals surface area contributed by atoms with Crippen molar-refractivity contribution in [3.63, 3.8) is 0 Å². The van der Waals surface area contributed by atoms with Crippen molar-refractivity contribution in [3.05, 3.63) is 35.4 Å². The lowest BCUT2D eigenvalue weighted by atomic mass is 9.84. The van der Waals surface area contributed by atoms with E-state index in [4.69, 9.17) is 9.47 Å². The van der Waals surface area contributed by atoms with E-state index < -0.39 is 0 Å². The number of benzene rings is 1. The monoisotopic (exact) mass is 260 g/mol. The van der Waals surface area contributed by atoms with E-state index in [0.717, 1.165) is 29.7 Å². The Morgan fingerprint density at radius 3 is 2.89 bits per heavy atom. The SMILES string of the molecule is CCOC(=O)C(C)C1=CCCc2ccc(OC)cc21. The zero-order valence-corrected chi connectivity index (χ0v) is 11.7. The second kappa shape index (κ2) is 5.91. The number of aryl methyl sites for hydroxylation is 1. The van der Waals surface area contributed by atoms with Crippen molar-refractivity contribution >= 4 is 11.5 Å². The molecular weight excluding hydrogens is 240 g/mol. The summed E-state index contributed by atoms with van der Waals surface area (Å²) in [6.45, 7) is 4.15. The van der Waals surface area contributed by atoms with Gasteiger partial charge in [-0.25, -0.2) is 0 Å². The standard InChI is InChI=1S/C16H20O3/c1-4-19-16(17)11(2)14-7-5-6-12-8-9-13(18-3)10-15(12)14/h7-11H,4-6H2,1-3H3. The van der Waals surface area contributed by atoms with Gasteiger partial charge in [0, 0.05) is 0 Å². The Hall–Kier alpha value is -1.77. The maximum Gasteiger partial charge on any atom is 0.313 e. The van der Waals surface area contributed by atoms with Crippen LogP contribution >= 0.6 is 0 Å². The molecule has 1 atom stereocenters. The van der Waals surface area contributed by atoms with Gasteiger partial charge in [-0.2, -0.15) is 0 Å². The van der Waals surface area contributed by atoms with Crippen molar-refractivity contribution in [3.8, 4) is 5.75 Å². The van der Waals surface area contributed by atoms with Crippen LogP contribution in [0.5, 0.6) is 5.75 Å². The molecule has 1 aromatic carbocycles. The van der Waals surface area contributed by atoms with Gasteiger partial charge in [0.1, 0.15) is 5.75 Å². The molecule has 0 amide bonds. The summed E-state index contributed by atoms with van der Waals surface area (Å²) in [6, 6.07) is 6.06. The van der Waals surface area contributed by atoms with Gasteiger partial charge < -0.3 is 9.47 Å². The van der Waals surface area contributed by atoms with Crippen LogP contribution in [0.3, 0.4) is 0 Å². The highest BCUT2D eigenvalue weighted by Crippen LogP contribution is 2.34. The molecule has 1 aliphatic carbocycles. The Bertz CT molecular complexity index is 503. The first kappa shape index (κ1) is 13.7. The van der Waals surface area contributed by atoms with Gasteiger partial charge in [0.15, 0.2) is 0 Å². The van der Waals surface area contributed by atoms with Gasteiger partial charge in [0.25, 0.3) is 0 Å². The molecule has 2 rings (SSSR count). The highest BCUT2D eigenvalue weighted by Gasteiger charge is 2.24. The Kier molecular flexibility index (Phi) is 4.25. The molecule has 0 N–H and O–H groups in total. The number of carbonyl (C=O) groups excluding carboxylic acids is 1. The molecule has 0 radical (unpaired) electrons. The van der Waals surface area contributed by atoms with Gasteiger partial charge in [-0.15, -0.1) is 0 Å². The van der Waals surface area contributed by atoms with Crippen LogP contribution in [0.1, 0.15) is 31.4 Å². The molecule has 102 valence electrons. The predicted molar refractivity (Wildman–Crippen MR) is 75.1 cm³/mol. The first-order valence-corrected chi connectivity index (χ1v) is 6.71. The summed E-state index contributed by atoms with van der Waals surface area (Å²) < 4.78 is 10.4. The summed E-state index contributed by atoms with van der Waals surface area (Å²) in [5, 5.41) is 0. The normalized spacial score (nSPS) is 15.2. The van der Waals surface area contributed by atoms with Crippen molar-refractivity contribution in [2.45, 2.75) is 26.7 Å². The third kappa shape index (κ3) is 2.80. The summed E-state index contributed by atoms with van der Waals surface area (Å²) in [7, 11) is 1.66. The van der Waals surface area contributed by atoms with Crippen LogP contribution in [0.15, 0.2) is 24.3 Å². The molecule has 0 saturated heterocycles. The van der Waals surface area contributed by atoms with Crippen molar-refractivity contribution in [2.24, 2.45) is 5.92 Å². The van der Waals surface area contributed by atoms with E-state index >= 15 is 0 Å².